The Balaban J connectivity index is 2.06. The standard InChI is InChI=1S/C15H21N3O2/c1-3-6-13-17-14(10-15(18-13)20-8-4-2)16-11-12-7-5-9-19-12/h5,7,9-10H,3-4,6,8,11H2,1-2H3,(H,16,17,18). The number of furan rings is 1. The lowest BCUT2D eigenvalue weighted by Crippen LogP contribution is -2.06. The number of nitrogens with one attached hydrogen (secondary N) is 1. The van der Waals surface area contributed by atoms with E-state index in [1.165, 1.54) is 0 Å². The number of anilines is 1. The van der Waals surface area contributed by atoms with Gasteiger partial charge in [-0.25, -0.2) is 4.98 Å². The first-order valence-electron chi connectivity index (χ1n) is 7.08. The van der Waals surface area contributed by atoms with Crippen LogP contribution < -0.4 is 10.1 Å². The minimum absolute atomic E-state index is 0.600. The van der Waals surface area contributed by atoms with Crippen molar-refractivity contribution in [2.75, 3.05) is 11.9 Å². The first kappa shape index (κ1) is 14.4. The van der Waals surface area contributed by atoms with Crippen molar-refractivity contribution in [3.8, 4) is 5.88 Å². The van der Waals surface area contributed by atoms with Gasteiger partial charge in [0.2, 0.25) is 5.88 Å². The molecule has 2 aromatic rings. The first-order chi connectivity index (χ1) is 9.81. The predicted molar refractivity (Wildman–Crippen MR) is 77.8 cm³/mol. The largest absolute Gasteiger partial charge is 0.478 e. The van der Waals surface area contributed by atoms with Gasteiger partial charge in [-0.3, -0.25) is 0 Å². The van der Waals surface area contributed by atoms with Gasteiger partial charge in [-0.1, -0.05) is 13.8 Å². The van der Waals surface area contributed by atoms with Gasteiger partial charge in [-0.2, -0.15) is 4.98 Å². The second-order valence-electron chi connectivity index (χ2n) is 4.54. The quantitative estimate of drug-likeness (QED) is 0.799. The van der Waals surface area contributed by atoms with Gasteiger partial charge >= 0.3 is 0 Å². The summed E-state index contributed by atoms with van der Waals surface area (Å²) in [5.74, 6) is 3.08. The van der Waals surface area contributed by atoms with E-state index in [1.54, 1.807) is 6.26 Å². The molecule has 5 heteroatoms. The van der Waals surface area contributed by atoms with E-state index in [0.29, 0.717) is 19.0 Å². The molecule has 20 heavy (non-hydrogen) atoms. The van der Waals surface area contributed by atoms with Crippen molar-refractivity contribution in [2.45, 2.75) is 39.7 Å². The summed E-state index contributed by atoms with van der Waals surface area (Å²) in [6.07, 6.45) is 4.48. The van der Waals surface area contributed by atoms with Crippen LogP contribution >= 0.6 is 0 Å². The van der Waals surface area contributed by atoms with E-state index in [2.05, 4.69) is 29.1 Å². The van der Waals surface area contributed by atoms with Crippen LogP contribution in [0.2, 0.25) is 0 Å². The maximum absolute atomic E-state index is 5.61. The zero-order valence-corrected chi connectivity index (χ0v) is 12.1. The number of aromatic nitrogens is 2. The highest BCUT2D eigenvalue weighted by Crippen LogP contribution is 2.16. The van der Waals surface area contributed by atoms with Crippen LogP contribution in [0.4, 0.5) is 5.82 Å². The summed E-state index contributed by atoms with van der Waals surface area (Å²) >= 11 is 0. The minimum atomic E-state index is 0.600. The molecule has 0 saturated heterocycles. The van der Waals surface area contributed by atoms with E-state index < -0.39 is 0 Å². The molecule has 0 unspecified atom stereocenters. The molecule has 0 saturated carbocycles. The summed E-state index contributed by atoms with van der Waals surface area (Å²) < 4.78 is 10.9. The van der Waals surface area contributed by atoms with Crippen LogP contribution in [0.15, 0.2) is 28.9 Å². The fraction of sp³-hybridized carbons (Fsp3) is 0.467. The van der Waals surface area contributed by atoms with E-state index in [-0.39, 0.29) is 0 Å². The molecule has 2 rings (SSSR count). The Labute approximate surface area is 119 Å². The zero-order chi connectivity index (χ0) is 14.2. The van der Waals surface area contributed by atoms with E-state index in [1.807, 2.05) is 18.2 Å². The molecule has 0 aromatic carbocycles. The average molecular weight is 275 g/mol. The lowest BCUT2D eigenvalue weighted by molar-refractivity contribution is 0.303. The topological polar surface area (TPSA) is 60.2 Å². The SMILES string of the molecule is CCCOc1cc(NCc2ccco2)nc(CCC)n1. The Kier molecular flexibility index (Phi) is 5.41. The molecule has 0 aliphatic heterocycles. The highest BCUT2D eigenvalue weighted by molar-refractivity contribution is 5.38. The molecule has 0 aliphatic rings. The third-order valence-electron chi connectivity index (χ3n) is 2.70. The van der Waals surface area contributed by atoms with Crippen LogP contribution in [0.5, 0.6) is 5.88 Å². The Morgan fingerprint density at radius 2 is 2.15 bits per heavy atom. The van der Waals surface area contributed by atoms with Crippen LogP contribution in [-0.2, 0) is 13.0 Å². The third-order valence-corrected chi connectivity index (χ3v) is 2.70. The van der Waals surface area contributed by atoms with E-state index in [0.717, 1.165) is 36.7 Å². The lowest BCUT2D eigenvalue weighted by Gasteiger charge is -2.09. The van der Waals surface area contributed by atoms with Crippen molar-refractivity contribution in [1.29, 1.82) is 0 Å². The van der Waals surface area contributed by atoms with Crippen molar-refractivity contribution in [1.82, 2.24) is 9.97 Å². The molecule has 2 aromatic heterocycles. The Morgan fingerprint density at radius 3 is 2.85 bits per heavy atom. The second-order valence-corrected chi connectivity index (χ2v) is 4.54. The van der Waals surface area contributed by atoms with Gasteiger partial charge in [0.25, 0.3) is 0 Å². The number of ether oxygens (including phenoxy) is 1. The van der Waals surface area contributed by atoms with Crippen LogP contribution in [0.25, 0.3) is 0 Å². The molecular formula is C15H21N3O2. The van der Waals surface area contributed by atoms with Crippen molar-refractivity contribution >= 4 is 5.82 Å². The number of nitrogens with zero attached hydrogens (tertiary/aromatic N) is 2. The Bertz CT molecular complexity index is 512. The summed E-state index contributed by atoms with van der Waals surface area (Å²) in [6, 6.07) is 5.63. The van der Waals surface area contributed by atoms with Crippen molar-refractivity contribution in [2.24, 2.45) is 0 Å². The van der Waals surface area contributed by atoms with Crippen LogP contribution in [0.3, 0.4) is 0 Å². The van der Waals surface area contributed by atoms with Gasteiger partial charge in [-0.15, -0.1) is 0 Å². The molecule has 0 radical (unpaired) electrons. The summed E-state index contributed by atoms with van der Waals surface area (Å²) in [4.78, 5) is 8.90. The summed E-state index contributed by atoms with van der Waals surface area (Å²) in [5.41, 5.74) is 0. The zero-order valence-electron chi connectivity index (χ0n) is 12.1. The highest BCUT2D eigenvalue weighted by Gasteiger charge is 2.06. The molecular weight excluding hydrogens is 254 g/mol. The molecule has 0 spiro atoms. The van der Waals surface area contributed by atoms with Crippen LogP contribution in [0, 0.1) is 0 Å². The maximum atomic E-state index is 5.61. The maximum Gasteiger partial charge on any atom is 0.218 e. The number of aryl methyl sites for hydroxylation is 1. The fourth-order valence-corrected chi connectivity index (χ4v) is 1.77. The smallest absolute Gasteiger partial charge is 0.218 e. The number of hydrogen-bond acceptors (Lipinski definition) is 5. The van der Waals surface area contributed by atoms with Crippen molar-refractivity contribution < 1.29 is 9.15 Å². The molecule has 108 valence electrons. The van der Waals surface area contributed by atoms with Gasteiger partial charge in [0, 0.05) is 12.5 Å². The van der Waals surface area contributed by atoms with Crippen LogP contribution in [-0.4, -0.2) is 16.6 Å². The predicted octanol–water partition coefficient (Wildman–Crippen LogP) is 3.42. The fourth-order valence-electron chi connectivity index (χ4n) is 1.77. The van der Waals surface area contributed by atoms with E-state index >= 15 is 0 Å². The van der Waals surface area contributed by atoms with Gasteiger partial charge in [0.05, 0.1) is 19.4 Å². The van der Waals surface area contributed by atoms with Crippen molar-refractivity contribution in [3.05, 3.63) is 36.0 Å². The van der Waals surface area contributed by atoms with Gasteiger partial charge in [0.1, 0.15) is 17.4 Å². The number of rotatable bonds is 8. The molecule has 0 aliphatic carbocycles. The molecule has 5 nitrogen and oxygen atoms in total. The van der Waals surface area contributed by atoms with Crippen LogP contribution in [0.1, 0.15) is 38.3 Å². The molecule has 1 N–H and O–H groups in total. The van der Waals surface area contributed by atoms with Gasteiger partial charge in [-0.05, 0) is 25.0 Å². The summed E-state index contributed by atoms with van der Waals surface area (Å²) in [5, 5.41) is 3.24. The third kappa shape index (κ3) is 4.26. The molecule has 2 heterocycles. The molecule has 0 amide bonds. The van der Waals surface area contributed by atoms with Gasteiger partial charge in [0.15, 0.2) is 0 Å². The first-order valence-corrected chi connectivity index (χ1v) is 7.08. The monoisotopic (exact) mass is 275 g/mol. The van der Waals surface area contributed by atoms with E-state index in [4.69, 9.17) is 9.15 Å². The summed E-state index contributed by atoms with van der Waals surface area (Å²) in [7, 11) is 0. The molecule has 0 fully saturated rings. The number of hydrogen-bond donors (Lipinski definition) is 1. The lowest BCUT2D eigenvalue weighted by atomic mass is 10.3. The Hall–Kier alpha value is -2.04. The Morgan fingerprint density at radius 1 is 1.25 bits per heavy atom. The highest BCUT2D eigenvalue weighted by atomic mass is 16.5. The average Bonchev–Trinajstić information content (AvgIpc) is 2.96. The van der Waals surface area contributed by atoms with E-state index in [9.17, 15) is 0 Å². The molecule has 0 bridgehead atoms. The van der Waals surface area contributed by atoms with Crippen molar-refractivity contribution in [3.63, 3.8) is 0 Å². The summed E-state index contributed by atoms with van der Waals surface area (Å²) in [6.45, 7) is 5.45. The second kappa shape index (κ2) is 7.53. The normalized spacial score (nSPS) is 10.5. The van der Waals surface area contributed by atoms with Gasteiger partial charge < -0.3 is 14.5 Å². The molecule has 0 atom stereocenters. The minimum Gasteiger partial charge on any atom is -0.478 e.